The van der Waals surface area contributed by atoms with Gasteiger partial charge in [0.1, 0.15) is 12.3 Å². The number of ether oxygens (including phenoxy) is 1. The minimum absolute atomic E-state index is 0.142. The fourth-order valence-electron chi connectivity index (χ4n) is 4.47. The van der Waals surface area contributed by atoms with Crippen LogP contribution in [0.25, 0.3) is 0 Å². The molecule has 1 fully saturated rings. The van der Waals surface area contributed by atoms with E-state index in [0.29, 0.717) is 35.0 Å². The molecule has 1 N–H and O–H groups in total. The van der Waals surface area contributed by atoms with Crippen LogP contribution in [0.15, 0.2) is 78.9 Å². The highest BCUT2D eigenvalue weighted by Gasteiger charge is 2.61. The number of para-hydroxylation sites is 4. The smallest absolute Gasteiger partial charge is 0.269 e. The number of nitrogens with one attached hydrogen (secondary N) is 1. The summed E-state index contributed by atoms with van der Waals surface area (Å²) in [7, 11) is 0. The lowest BCUT2D eigenvalue weighted by Crippen LogP contribution is -2.50. The summed E-state index contributed by atoms with van der Waals surface area (Å²) >= 11 is 1.29. The number of thioether (sulfide) groups is 1. The molecule has 0 unspecified atom stereocenters. The van der Waals surface area contributed by atoms with Crippen LogP contribution in [0, 0.1) is 0 Å². The van der Waals surface area contributed by atoms with E-state index in [0.717, 1.165) is 0 Å². The van der Waals surface area contributed by atoms with Crippen LogP contribution in [0.3, 0.4) is 0 Å². The van der Waals surface area contributed by atoms with E-state index < -0.39 is 4.87 Å². The van der Waals surface area contributed by atoms with Gasteiger partial charge in [0.2, 0.25) is 16.7 Å². The molecule has 0 saturated carbocycles. The zero-order valence-electron chi connectivity index (χ0n) is 18.6. The lowest BCUT2D eigenvalue weighted by atomic mass is 10.0. The topological polar surface area (TPSA) is 79.0 Å². The molecule has 3 aromatic rings. The Kier molecular flexibility index (Phi) is 5.75. The molecule has 2 heterocycles. The molecule has 34 heavy (non-hydrogen) atoms. The summed E-state index contributed by atoms with van der Waals surface area (Å²) in [5, 5.41) is 2.86. The summed E-state index contributed by atoms with van der Waals surface area (Å²) in [5.41, 5.74) is 2.53. The highest BCUT2D eigenvalue weighted by Crippen LogP contribution is 2.55. The molecule has 5 rings (SSSR count). The zero-order valence-corrected chi connectivity index (χ0v) is 19.4. The third-order valence-electron chi connectivity index (χ3n) is 5.84. The molecule has 1 spiro atoms. The number of fused-ring (bicyclic) bond motifs is 2. The molecule has 172 valence electrons. The molecule has 1 saturated heterocycles. The molecule has 2 aliphatic rings. The maximum Gasteiger partial charge on any atom is 0.269 e. The van der Waals surface area contributed by atoms with E-state index in [9.17, 15) is 14.4 Å². The fraction of sp³-hybridized carbons (Fsp3) is 0.192. The van der Waals surface area contributed by atoms with Crippen molar-refractivity contribution in [2.45, 2.75) is 11.8 Å². The molecular weight excluding hydrogens is 450 g/mol. The van der Waals surface area contributed by atoms with Gasteiger partial charge in [-0.05, 0) is 37.3 Å². The van der Waals surface area contributed by atoms with Gasteiger partial charge in [-0.25, -0.2) is 0 Å². The average Bonchev–Trinajstić information content (AvgIpc) is 3.32. The number of hydrogen-bond donors (Lipinski definition) is 1. The second-order valence-electron chi connectivity index (χ2n) is 7.88. The Hall–Kier alpha value is -3.78. The van der Waals surface area contributed by atoms with Gasteiger partial charge in [0.05, 0.1) is 23.7 Å². The normalized spacial score (nSPS) is 19.0. The summed E-state index contributed by atoms with van der Waals surface area (Å²) < 4.78 is 5.59. The van der Waals surface area contributed by atoms with Crippen LogP contribution >= 0.6 is 11.8 Å². The molecule has 2 aliphatic heterocycles. The standard InChI is InChI=1S/C26H23N3O4S/c1-2-33-22-15-9-7-13-20(22)27-23(30)16-28-21-14-8-6-12-19(21)26(25(28)32)29(24(31)17-34-26)18-10-4-3-5-11-18/h3-15H,2,16-17H2,1H3,(H,27,30)/t26-/m0/s1. The Balaban J connectivity index is 1.48. The van der Waals surface area contributed by atoms with Crippen LogP contribution in [0.5, 0.6) is 5.75 Å². The van der Waals surface area contributed by atoms with Gasteiger partial charge in [0.25, 0.3) is 5.91 Å². The van der Waals surface area contributed by atoms with Crippen LogP contribution < -0.4 is 19.9 Å². The van der Waals surface area contributed by atoms with E-state index in [1.165, 1.54) is 16.7 Å². The van der Waals surface area contributed by atoms with Crippen LogP contribution in [0.1, 0.15) is 12.5 Å². The van der Waals surface area contributed by atoms with Gasteiger partial charge in [-0.2, -0.15) is 0 Å². The number of anilines is 3. The highest BCUT2D eigenvalue weighted by molar-refractivity contribution is 8.02. The average molecular weight is 474 g/mol. The number of carbonyl (C=O) groups is 3. The van der Waals surface area contributed by atoms with Gasteiger partial charge in [0, 0.05) is 11.3 Å². The third kappa shape index (κ3) is 3.51. The van der Waals surface area contributed by atoms with Crippen molar-refractivity contribution in [3.63, 3.8) is 0 Å². The van der Waals surface area contributed by atoms with Crippen LogP contribution in [-0.4, -0.2) is 36.6 Å². The van der Waals surface area contributed by atoms with Gasteiger partial charge >= 0.3 is 0 Å². The zero-order chi connectivity index (χ0) is 23.7. The van der Waals surface area contributed by atoms with Gasteiger partial charge < -0.3 is 10.1 Å². The Bertz CT molecular complexity index is 1270. The Morgan fingerprint density at radius 3 is 2.50 bits per heavy atom. The first-order chi connectivity index (χ1) is 16.6. The summed E-state index contributed by atoms with van der Waals surface area (Å²) in [6.45, 7) is 2.15. The van der Waals surface area contributed by atoms with Gasteiger partial charge in [-0.3, -0.25) is 24.2 Å². The van der Waals surface area contributed by atoms with Crippen molar-refractivity contribution in [2.24, 2.45) is 0 Å². The largest absolute Gasteiger partial charge is 0.492 e. The lowest BCUT2D eigenvalue weighted by Gasteiger charge is -2.33. The van der Waals surface area contributed by atoms with Gasteiger partial charge in [-0.1, -0.05) is 48.5 Å². The van der Waals surface area contributed by atoms with Gasteiger partial charge in [-0.15, -0.1) is 11.8 Å². The highest BCUT2D eigenvalue weighted by atomic mass is 32.2. The molecular formula is C26H23N3O4S. The first-order valence-electron chi connectivity index (χ1n) is 11.0. The molecule has 0 radical (unpaired) electrons. The minimum Gasteiger partial charge on any atom is -0.492 e. The fourth-order valence-corrected chi connectivity index (χ4v) is 5.83. The van der Waals surface area contributed by atoms with E-state index in [4.69, 9.17) is 4.74 Å². The summed E-state index contributed by atoms with van der Waals surface area (Å²) in [5.74, 6) is -0.0578. The first kappa shape index (κ1) is 22.0. The first-order valence-corrected chi connectivity index (χ1v) is 12.0. The second kappa shape index (κ2) is 8.87. The molecule has 0 bridgehead atoms. The lowest BCUT2D eigenvalue weighted by molar-refractivity contribution is -0.124. The molecule has 7 nitrogen and oxygen atoms in total. The molecule has 3 aromatic carbocycles. The van der Waals surface area contributed by atoms with Crippen molar-refractivity contribution in [1.29, 1.82) is 0 Å². The van der Waals surface area contributed by atoms with E-state index in [2.05, 4.69) is 5.32 Å². The number of hydrogen-bond acceptors (Lipinski definition) is 5. The van der Waals surface area contributed by atoms with E-state index in [1.54, 1.807) is 17.0 Å². The maximum absolute atomic E-state index is 14.0. The van der Waals surface area contributed by atoms with Crippen molar-refractivity contribution >= 4 is 46.5 Å². The van der Waals surface area contributed by atoms with Crippen LogP contribution in [0.2, 0.25) is 0 Å². The van der Waals surface area contributed by atoms with E-state index in [-0.39, 0.29) is 30.0 Å². The molecule has 8 heteroatoms. The number of carbonyl (C=O) groups excluding carboxylic acids is 3. The summed E-state index contributed by atoms with van der Waals surface area (Å²) in [4.78, 5) is 41.8. The number of rotatable bonds is 6. The quantitative estimate of drug-likeness (QED) is 0.585. The van der Waals surface area contributed by atoms with Crippen molar-refractivity contribution in [3.05, 3.63) is 84.4 Å². The second-order valence-corrected chi connectivity index (χ2v) is 9.05. The molecule has 3 amide bonds. The third-order valence-corrected chi connectivity index (χ3v) is 7.23. The summed E-state index contributed by atoms with van der Waals surface area (Å²) in [6.07, 6.45) is 0. The Morgan fingerprint density at radius 2 is 1.71 bits per heavy atom. The molecule has 1 atom stereocenters. The van der Waals surface area contributed by atoms with Gasteiger partial charge in [0.15, 0.2) is 0 Å². The number of amides is 3. The Labute approximate surface area is 201 Å². The minimum atomic E-state index is -1.24. The van der Waals surface area contributed by atoms with Crippen molar-refractivity contribution in [1.82, 2.24) is 0 Å². The van der Waals surface area contributed by atoms with Crippen molar-refractivity contribution in [2.75, 3.05) is 34.0 Å². The van der Waals surface area contributed by atoms with Crippen LogP contribution in [-0.2, 0) is 19.3 Å². The maximum atomic E-state index is 14.0. The Morgan fingerprint density at radius 1 is 1.00 bits per heavy atom. The molecule has 0 aromatic heterocycles. The molecule has 0 aliphatic carbocycles. The van der Waals surface area contributed by atoms with Crippen LogP contribution in [0.4, 0.5) is 17.1 Å². The SMILES string of the molecule is CCOc1ccccc1NC(=O)CN1C(=O)[C@@]2(SCC(=O)N2c2ccccc2)c2ccccc21. The van der Waals surface area contributed by atoms with E-state index >= 15 is 0 Å². The monoisotopic (exact) mass is 473 g/mol. The van der Waals surface area contributed by atoms with Crippen molar-refractivity contribution < 1.29 is 19.1 Å². The summed E-state index contributed by atoms with van der Waals surface area (Å²) in [6, 6.07) is 23.7. The number of benzene rings is 3. The predicted molar refractivity (Wildman–Crippen MR) is 133 cm³/mol. The van der Waals surface area contributed by atoms with Crippen molar-refractivity contribution in [3.8, 4) is 5.75 Å². The predicted octanol–water partition coefficient (Wildman–Crippen LogP) is 4.00. The number of nitrogens with zero attached hydrogens (tertiary/aromatic N) is 2. The van der Waals surface area contributed by atoms with E-state index in [1.807, 2.05) is 73.7 Å².